The van der Waals surface area contributed by atoms with E-state index in [2.05, 4.69) is 0 Å². The second-order valence-corrected chi connectivity index (χ2v) is 8.14. The van der Waals surface area contributed by atoms with E-state index in [0.29, 0.717) is 16.3 Å². The molecule has 0 amide bonds. The zero-order valence-corrected chi connectivity index (χ0v) is 16.3. The maximum atomic E-state index is 12.1. The van der Waals surface area contributed by atoms with Crippen molar-refractivity contribution in [1.29, 1.82) is 0 Å². The van der Waals surface area contributed by atoms with Gasteiger partial charge in [0.25, 0.3) is 0 Å². The zero-order chi connectivity index (χ0) is 20.0. The number of esters is 1. The molecule has 0 fully saturated rings. The fraction of sp³-hybridized carbons (Fsp3) is 0.158. The SMILES string of the molecule is CN(c1ccc(C(=O)COC(=O)/C=C/c2ccc(Cl)cc2)cc1)S(C)(=O)=O. The standard InChI is InChI=1S/C19H18ClNO5S/c1-21(27(2,24)25)17-10-6-15(7-11-17)18(22)13-26-19(23)12-5-14-3-8-16(20)9-4-14/h3-12H,13H2,1-2H3/b12-5+. The molecule has 0 aliphatic rings. The molecule has 0 aromatic heterocycles. The van der Waals surface area contributed by atoms with Crippen LogP contribution in [0.25, 0.3) is 6.08 Å². The number of halogens is 1. The molecule has 27 heavy (non-hydrogen) atoms. The third kappa shape index (κ3) is 6.23. The van der Waals surface area contributed by atoms with Crippen LogP contribution in [0.1, 0.15) is 15.9 Å². The number of ether oxygens (including phenoxy) is 1. The lowest BCUT2D eigenvalue weighted by Crippen LogP contribution is -2.24. The van der Waals surface area contributed by atoms with Crippen molar-refractivity contribution >= 4 is 45.1 Å². The summed E-state index contributed by atoms with van der Waals surface area (Å²) in [5, 5.41) is 0.592. The molecule has 2 aromatic rings. The van der Waals surface area contributed by atoms with E-state index in [9.17, 15) is 18.0 Å². The Kier molecular flexibility index (Phi) is 6.76. The van der Waals surface area contributed by atoms with Crippen LogP contribution in [0.4, 0.5) is 5.69 Å². The molecule has 8 heteroatoms. The van der Waals surface area contributed by atoms with Gasteiger partial charge in [0.15, 0.2) is 12.4 Å². The van der Waals surface area contributed by atoms with Crippen molar-refractivity contribution in [2.45, 2.75) is 0 Å². The van der Waals surface area contributed by atoms with Crippen molar-refractivity contribution in [2.75, 3.05) is 24.2 Å². The van der Waals surface area contributed by atoms with E-state index < -0.39 is 28.4 Å². The van der Waals surface area contributed by atoms with Crippen LogP contribution in [0.2, 0.25) is 5.02 Å². The number of hydrogen-bond donors (Lipinski definition) is 0. The highest BCUT2D eigenvalue weighted by Crippen LogP contribution is 2.16. The summed E-state index contributed by atoms with van der Waals surface area (Å²) in [5.74, 6) is -1.04. The van der Waals surface area contributed by atoms with Gasteiger partial charge in [-0.25, -0.2) is 13.2 Å². The third-order valence-electron chi connectivity index (χ3n) is 3.68. The number of Topliss-reactive ketones (excluding diaryl/α,β-unsaturated/α-hetero) is 1. The highest BCUT2D eigenvalue weighted by Gasteiger charge is 2.13. The molecule has 0 unspecified atom stereocenters. The minimum absolute atomic E-state index is 0.315. The fourth-order valence-electron chi connectivity index (χ4n) is 2.06. The van der Waals surface area contributed by atoms with Crippen molar-refractivity contribution in [1.82, 2.24) is 0 Å². The van der Waals surface area contributed by atoms with Crippen molar-refractivity contribution in [3.8, 4) is 0 Å². The number of anilines is 1. The molecule has 0 N–H and O–H groups in total. The first-order valence-corrected chi connectivity index (χ1v) is 10.1. The summed E-state index contributed by atoms with van der Waals surface area (Å²) in [6.45, 7) is -0.412. The van der Waals surface area contributed by atoms with Gasteiger partial charge in [-0.1, -0.05) is 23.7 Å². The predicted octanol–water partition coefficient (Wildman–Crippen LogP) is 3.18. The molecule has 0 radical (unpaired) electrons. The van der Waals surface area contributed by atoms with E-state index in [1.54, 1.807) is 30.3 Å². The van der Waals surface area contributed by atoms with Crippen molar-refractivity contribution < 1.29 is 22.7 Å². The first kappa shape index (κ1) is 20.7. The van der Waals surface area contributed by atoms with Crippen LogP contribution in [0.15, 0.2) is 54.6 Å². The summed E-state index contributed by atoms with van der Waals surface area (Å²) in [7, 11) is -1.96. The number of sulfonamides is 1. The molecule has 2 aromatic carbocycles. The third-order valence-corrected chi connectivity index (χ3v) is 5.14. The molecule has 2 rings (SSSR count). The van der Waals surface area contributed by atoms with Crippen molar-refractivity contribution in [3.05, 3.63) is 70.8 Å². The summed E-state index contributed by atoms with van der Waals surface area (Å²) >= 11 is 5.78. The van der Waals surface area contributed by atoms with Gasteiger partial charge in [0.05, 0.1) is 11.9 Å². The van der Waals surface area contributed by atoms with Gasteiger partial charge < -0.3 is 4.74 Å². The van der Waals surface area contributed by atoms with Crippen LogP contribution < -0.4 is 4.31 Å². The second kappa shape index (κ2) is 8.83. The van der Waals surface area contributed by atoms with Crippen LogP contribution in [0.5, 0.6) is 0 Å². The van der Waals surface area contributed by atoms with Gasteiger partial charge in [0.1, 0.15) is 0 Å². The Morgan fingerprint density at radius 2 is 1.67 bits per heavy atom. The summed E-state index contributed by atoms with van der Waals surface area (Å²) in [6, 6.07) is 12.9. The number of ketones is 1. The van der Waals surface area contributed by atoms with Gasteiger partial charge in [-0.3, -0.25) is 9.10 Å². The maximum Gasteiger partial charge on any atom is 0.331 e. The Bertz CT molecular complexity index is 951. The summed E-state index contributed by atoms with van der Waals surface area (Å²) < 4.78 is 29.0. The monoisotopic (exact) mass is 407 g/mol. The van der Waals surface area contributed by atoms with E-state index in [0.717, 1.165) is 16.1 Å². The Morgan fingerprint density at radius 1 is 1.07 bits per heavy atom. The summed E-state index contributed by atoms with van der Waals surface area (Å²) in [5.41, 5.74) is 1.51. The van der Waals surface area contributed by atoms with E-state index in [-0.39, 0.29) is 0 Å². The van der Waals surface area contributed by atoms with Gasteiger partial charge in [-0.2, -0.15) is 0 Å². The highest BCUT2D eigenvalue weighted by atomic mass is 35.5. The van der Waals surface area contributed by atoms with Gasteiger partial charge in [0, 0.05) is 23.7 Å². The van der Waals surface area contributed by atoms with Crippen LogP contribution in [0, 0.1) is 0 Å². The number of nitrogens with zero attached hydrogens (tertiary/aromatic N) is 1. The molecule has 6 nitrogen and oxygen atoms in total. The van der Waals surface area contributed by atoms with Crippen LogP contribution >= 0.6 is 11.6 Å². The number of rotatable bonds is 7. The van der Waals surface area contributed by atoms with Gasteiger partial charge >= 0.3 is 5.97 Å². The lowest BCUT2D eigenvalue weighted by molar-refractivity contribution is -0.136. The van der Waals surface area contributed by atoms with Gasteiger partial charge in [-0.05, 0) is 48.0 Å². The topological polar surface area (TPSA) is 80.8 Å². The van der Waals surface area contributed by atoms with Crippen LogP contribution in [-0.4, -0.2) is 40.1 Å². The Morgan fingerprint density at radius 3 is 2.22 bits per heavy atom. The summed E-state index contributed by atoms with van der Waals surface area (Å²) in [4.78, 5) is 23.8. The molecule has 0 saturated heterocycles. The van der Waals surface area contributed by atoms with Crippen molar-refractivity contribution in [3.63, 3.8) is 0 Å². The predicted molar refractivity (Wildman–Crippen MR) is 105 cm³/mol. The van der Waals surface area contributed by atoms with E-state index in [4.69, 9.17) is 16.3 Å². The molecular formula is C19H18ClNO5S. The number of hydrogen-bond acceptors (Lipinski definition) is 5. The lowest BCUT2D eigenvalue weighted by atomic mass is 10.1. The number of benzene rings is 2. The molecule has 142 valence electrons. The molecule has 0 aliphatic heterocycles. The number of carbonyl (C=O) groups excluding carboxylic acids is 2. The molecule has 0 aliphatic carbocycles. The quantitative estimate of drug-likeness (QED) is 0.400. The number of carbonyl (C=O) groups is 2. The van der Waals surface area contributed by atoms with E-state index in [1.807, 2.05) is 0 Å². The largest absolute Gasteiger partial charge is 0.454 e. The second-order valence-electron chi connectivity index (χ2n) is 5.69. The normalized spacial score (nSPS) is 11.4. The minimum atomic E-state index is -3.38. The zero-order valence-electron chi connectivity index (χ0n) is 14.8. The Hall–Kier alpha value is -2.64. The maximum absolute atomic E-state index is 12.1. The molecule has 0 bridgehead atoms. The molecule has 0 atom stereocenters. The molecule has 0 spiro atoms. The average Bonchev–Trinajstić information content (AvgIpc) is 2.64. The summed E-state index contributed by atoms with van der Waals surface area (Å²) in [6.07, 6.45) is 3.86. The lowest BCUT2D eigenvalue weighted by Gasteiger charge is -2.16. The molecule has 0 saturated carbocycles. The Labute approximate surface area is 163 Å². The van der Waals surface area contributed by atoms with E-state index in [1.165, 1.54) is 37.4 Å². The van der Waals surface area contributed by atoms with Crippen LogP contribution in [-0.2, 0) is 19.6 Å². The first-order valence-electron chi connectivity index (χ1n) is 7.84. The highest BCUT2D eigenvalue weighted by molar-refractivity contribution is 7.92. The average molecular weight is 408 g/mol. The molecule has 0 heterocycles. The van der Waals surface area contributed by atoms with Crippen molar-refractivity contribution in [2.24, 2.45) is 0 Å². The van der Waals surface area contributed by atoms with Crippen LogP contribution in [0.3, 0.4) is 0 Å². The smallest absolute Gasteiger partial charge is 0.331 e. The Balaban J connectivity index is 1.91. The van der Waals surface area contributed by atoms with E-state index >= 15 is 0 Å². The van der Waals surface area contributed by atoms with Gasteiger partial charge in [-0.15, -0.1) is 0 Å². The minimum Gasteiger partial charge on any atom is -0.454 e. The first-order chi connectivity index (χ1) is 12.7. The van der Waals surface area contributed by atoms with Gasteiger partial charge in [0.2, 0.25) is 10.0 Å². The fourth-order valence-corrected chi connectivity index (χ4v) is 2.69. The molecular weight excluding hydrogens is 390 g/mol.